The smallest absolute Gasteiger partial charge is 0.417 e. The van der Waals surface area contributed by atoms with E-state index in [0.29, 0.717) is 6.20 Å². The van der Waals surface area contributed by atoms with E-state index in [1.807, 2.05) is 0 Å². The fourth-order valence-corrected chi connectivity index (χ4v) is 1.79. The first kappa shape index (κ1) is 25.8. The molecule has 0 saturated carbocycles. The van der Waals surface area contributed by atoms with Crippen molar-refractivity contribution in [1.29, 1.82) is 0 Å². The first-order valence-corrected chi connectivity index (χ1v) is 7.28. The maximum absolute atomic E-state index is 13.0. The summed E-state index contributed by atoms with van der Waals surface area (Å²) < 4.78 is 68.6. The number of carbonyl (C=O) groups excluding carboxylic acids is 1. The maximum atomic E-state index is 13.0. The molecule has 0 spiro atoms. The minimum absolute atomic E-state index is 0. The van der Waals surface area contributed by atoms with E-state index in [1.54, 1.807) is 0 Å². The van der Waals surface area contributed by atoms with Gasteiger partial charge in [0.05, 0.1) is 18.7 Å². The summed E-state index contributed by atoms with van der Waals surface area (Å²) >= 11 is 0. The van der Waals surface area contributed by atoms with Crippen LogP contribution in [0.2, 0.25) is 0 Å². The second kappa shape index (κ2) is 10.4. The Bertz CT molecular complexity index is 756. The molecule has 2 rings (SSSR count). The number of aromatic nitrogens is 1. The average molecular weight is 448 g/mol. The summed E-state index contributed by atoms with van der Waals surface area (Å²) in [5, 5.41) is 2.05. The molecule has 0 unspecified atom stereocenters. The number of halogens is 7. The van der Waals surface area contributed by atoms with Crippen molar-refractivity contribution in [1.82, 2.24) is 10.3 Å². The van der Waals surface area contributed by atoms with Crippen LogP contribution in [0.3, 0.4) is 0 Å². The zero-order valence-electron chi connectivity index (χ0n) is 14.0. The molecule has 0 aliphatic rings. The van der Waals surface area contributed by atoms with Crippen LogP contribution in [-0.2, 0) is 6.18 Å². The molecule has 1 aromatic carbocycles. The van der Waals surface area contributed by atoms with Crippen LogP contribution < -0.4 is 15.8 Å². The van der Waals surface area contributed by atoms with Gasteiger partial charge >= 0.3 is 6.18 Å². The third-order valence-electron chi connectivity index (χ3n) is 3.21. The van der Waals surface area contributed by atoms with Gasteiger partial charge in [-0.25, -0.2) is 13.8 Å². The number of rotatable bonds is 6. The van der Waals surface area contributed by atoms with Gasteiger partial charge in [0, 0.05) is 17.8 Å². The zero-order valence-corrected chi connectivity index (χ0v) is 15.6. The molecule has 1 heterocycles. The number of ether oxygens (including phenoxy) is 1. The van der Waals surface area contributed by atoms with Crippen molar-refractivity contribution in [2.75, 3.05) is 13.1 Å². The molecule has 156 valence electrons. The second-order valence-corrected chi connectivity index (χ2v) is 5.25. The van der Waals surface area contributed by atoms with Gasteiger partial charge in [0.2, 0.25) is 5.88 Å². The Morgan fingerprint density at radius 3 is 2.11 bits per heavy atom. The van der Waals surface area contributed by atoms with E-state index in [0.717, 1.165) is 12.1 Å². The summed E-state index contributed by atoms with van der Waals surface area (Å²) in [6.07, 6.45) is -3.87. The van der Waals surface area contributed by atoms with Gasteiger partial charge in [-0.2, -0.15) is 13.2 Å². The van der Waals surface area contributed by atoms with Gasteiger partial charge < -0.3 is 15.8 Å². The number of pyridine rings is 1. The summed E-state index contributed by atoms with van der Waals surface area (Å²) in [7, 11) is 0. The summed E-state index contributed by atoms with van der Waals surface area (Å²) in [5.74, 6) is -3.79. The van der Waals surface area contributed by atoms with Crippen LogP contribution in [0.5, 0.6) is 11.6 Å². The molecule has 12 heteroatoms. The number of nitrogens with zero attached hydrogens (tertiary/aromatic N) is 1. The number of carbonyl (C=O) groups is 1. The van der Waals surface area contributed by atoms with Gasteiger partial charge in [-0.1, -0.05) is 0 Å². The molecule has 0 saturated heterocycles. The SMILES string of the molecule is Cl.Cl.NCC(F)(F)CNC(=O)c1ccc(Oc2ccc(C(F)(F)F)cn2)cc1. The number of hydrogen-bond acceptors (Lipinski definition) is 4. The molecule has 28 heavy (non-hydrogen) atoms. The molecule has 5 nitrogen and oxygen atoms in total. The number of benzene rings is 1. The molecule has 0 atom stereocenters. The quantitative estimate of drug-likeness (QED) is 0.654. The first-order chi connectivity index (χ1) is 12.1. The van der Waals surface area contributed by atoms with Gasteiger partial charge in [-0.15, -0.1) is 24.8 Å². The third kappa shape index (κ3) is 7.45. The predicted molar refractivity (Wildman–Crippen MR) is 96.6 cm³/mol. The van der Waals surface area contributed by atoms with Crippen molar-refractivity contribution in [2.24, 2.45) is 5.73 Å². The molecule has 0 fully saturated rings. The normalized spacial score (nSPS) is 11.1. The molecule has 0 aliphatic carbocycles. The van der Waals surface area contributed by atoms with E-state index in [1.165, 1.54) is 24.3 Å². The lowest BCUT2D eigenvalue weighted by Gasteiger charge is -2.14. The molecule has 0 bridgehead atoms. The van der Waals surface area contributed by atoms with Crippen molar-refractivity contribution >= 4 is 30.7 Å². The Labute approximate surface area is 169 Å². The van der Waals surface area contributed by atoms with Crippen LogP contribution in [0.4, 0.5) is 22.0 Å². The number of hydrogen-bond donors (Lipinski definition) is 2. The molecule has 0 radical (unpaired) electrons. The van der Waals surface area contributed by atoms with E-state index in [2.05, 4.69) is 10.3 Å². The average Bonchev–Trinajstić information content (AvgIpc) is 2.60. The van der Waals surface area contributed by atoms with Crippen molar-refractivity contribution in [2.45, 2.75) is 12.1 Å². The topological polar surface area (TPSA) is 77.2 Å². The van der Waals surface area contributed by atoms with Crippen LogP contribution in [0.15, 0.2) is 42.6 Å². The molecule has 1 aromatic heterocycles. The van der Waals surface area contributed by atoms with Crippen molar-refractivity contribution in [3.63, 3.8) is 0 Å². The van der Waals surface area contributed by atoms with Crippen LogP contribution in [0.25, 0.3) is 0 Å². The Balaban J connectivity index is 0.00000364. The van der Waals surface area contributed by atoms with Crippen molar-refractivity contribution in [3.05, 3.63) is 53.7 Å². The lowest BCUT2D eigenvalue weighted by Crippen LogP contribution is -2.41. The Morgan fingerprint density at radius 1 is 1.04 bits per heavy atom. The van der Waals surface area contributed by atoms with Gasteiger partial charge in [-0.3, -0.25) is 4.79 Å². The van der Waals surface area contributed by atoms with Gasteiger partial charge in [0.15, 0.2) is 0 Å². The van der Waals surface area contributed by atoms with Gasteiger partial charge in [-0.05, 0) is 30.3 Å². The zero-order chi connectivity index (χ0) is 19.4. The number of nitrogens with two attached hydrogens (primary N) is 1. The van der Waals surface area contributed by atoms with Crippen LogP contribution in [0, 0.1) is 0 Å². The summed E-state index contributed by atoms with van der Waals surface area (Å²) in [4.78, 5) is 15.3. The lowest BCUT2D eigenvalue weighted by molar-refractivity contribution is -0.137. The Morgan fingerprint density at radius 2 is 1.64 bits per heavy atom. The molecule has 2 aromatic rings. The van der Waals surface area contributed by atoms with E-state index in [4.69, 9.17) is 10.5 Å². The first-order valence-electron chi connectivity index (χ1n) is 7.28. The van der Waals surface area contributed by atoms with E-state index in [-0.39, 0.29) is 42.0 Å². The van der Waals surface area contributed by atoms with E-state index >= 15 is 0 Å². The predicted octanol–water partition coefficient (Wildman–Crippen LogP) is 4.06. The van der Waals surface area contributed by atoms with Crippen LogP contribution in [0.1, 0.15) is 15.9 Å². The van der Waals surface area contributed by atoms with Gasteiger partial charge in [0.1, 0.15) is 5.75 Å². The highest BCUT2D eigenvalue weighted by atomic mass is 35.5. The molecule has 3 N–H and O–H groups in total. The molecular formula is C16H16Cl2F5N3O2. The van der Waals surface area contributed by atoms with Crippen molar-refractivity contribution < 1.29 is 31.5 Å². The highest BCUT2D eigenvalue weighted by Gasteiger charge is 2.30. The number of nitrogens with one attached hydrogen (secondary N) is 1. The molecule has 1 amide bonds. The highest BCUT2D eigenvalue weighted by Crippen LogP contribution is 2.30. The standard InChI is InChI=1S/C16H14F5N3O2.2ClH/c17-15(18,8-22)9-24-14(25)10-1-4-12(5-2-10)26-13-6-3-11(7-23-13)16(19,20)21;;/h1-7H,8-9,22H2,(H,24,25);2*1H. The lowest BCUT2D eigenvalue weighted by atomic mass is 10.2. The van der Waals surface area contributed by atoms with E-state index < -0.39 is 36.7 Å². The summed E-state index contributed by atoms with van der Waals surface area (Å²) in [5.41, 5.74) is 4.06. The largest absolute Gasteiger partial charge is 0.439 e. The molecular weight excluding hydrogens is 432 g/mol. The fraction of sp³-hybridized carbons (Fsp3) is 0.250. The van der Waals surface area contributed by atoms with E-state index in [9.17, 15) is 26.7 Å². The summed E-state index contributed by atoms with van der Waals surface area (Å²) in [6, 6.07) is 7.22. The van der Waals surface area contributed by atoms with Gasteiger partial charge in [0.25, 0.3) is 11.8 Å². The van der Waals surface area contributed by atoms with Crippen LogP contribution in [-0.4, -0.2) is 29.9 Å². The Hall–Kier alpha value is -2.17. The van der Waals surface area contributed by atoms with Crippen molar-refractivity contribution in [3.8, 4) is 11.6 Å². The Kier molecular flexibility index (Phi) is 9.59. The van der Waals surface area contributed by atoms with Crippen LogP contribution >= 0.6 is 24.8 Å². The second-order valence-electron chi connectivity index (χ2n) is 5.25. The third-order valence-corrected chi connectivity index (χ3v) is 3.21. The number of alkyl halides is 5. The minimum atomic E-state index is -4.50. The molecule has 0 aliphatic heterocycles. The summed E-state index contributed by atoms with van der Waals surface area (Å²) in [6.45, 7) is -1.78. The fourth-order valence-electron chi connectivity index (χ4n) is 1.79. The minimum Gasteiger partial charge on any atom is -0.439 e. The maximum Gasteiger partial charge on any atom is 0.417 e. The monoisotopic (exact) mass is 447 g/mol. The highest BCUT2D eigenvalue weighted by molar-refractivity contribution is 5.94. The number of amides is 1.